The molecule has 0 bridgehead atoms. The summed E-state index contributed by atoms with van der Waals surface area (Å²) in [6, 6.07) is 13.5. The van der Waals surface area contributed by atoms with E-state index >= 15 is 0 Å². The quantitative estimate of drug-likeness (QED) is 0.524. The van der Waals surface area contributed by atoms with Crippen molar-refractivity contribution in [2.45, 2.75) is 43.9 Å². The molecule has 3 heterocycles. The number of nitrogens with zero attached hydrogens (tertiary/aromatic N) is 4. The van der Waals surface area contributed by atoms with E-state index in [4.69, 9.17) is 21.1 Å². The van der Waals surface area contributed by atoms with E-state index in [1.165, 1.54) is 0 Å². The highest BCUT2D eigenvalue weighted by atomic mass is 35.5. The Morgan fingerprint density at radius 3 is 2.71 bits per heavy atom. The second-order valence-electron chi connectivity index (χ2n) is 9.20. The molecule has 2 N–H and O–H groups in total. The molecule has 1 unspecified atom stereocenters. The predicted molar refractivity (Wildman–Crippen MR) is 135 cm³/mol. The van der Waals surface area contributed by atoms with Crippen molar-refractivity contribution in [2.24, 2.45) is 0 Å². The van der Waals surface area contributed by atoms with Gasteiger partial charge in [-0.3, -0.25) is 0 Å². The summed E-state index contributed by atoms with van der Waals surface area (Å²) in [6.07, 6.45) is 3.64. The van der Waals surface area contributed by atoms with Crippen LogP contribution in [0.1, 0.15) is 36.8 Å². The van der Waals surface area contributed by atoms with E-state index in [0.717, 1.165) is 60.9 Å². The number of aromatic nitrogens is 2. The van der Waals surface area contributed by atoms with Crippen LogP contribution in [0.5, 0.6) is 5.75 Å². The molecular formula is C26H28ClN5O3. The van der Waals surface area contributed by atoms with Gasteiger partial charge in [-0.05, 0) is 61.6 Å². The zero-order chi connectivity index (χ0) is 24.4. The molecule has 8 nitrogen and oxygen atoms in total. The summed E-state index contributed by atoms with van der Waals surface area (Å²) in [4.78, 5) is 2.25. The number of anilines is 2. The van der Waals surface area contributed by atoms with Gasteiger partial charge in [-0.25, -0.2) is 0 Å². The molecule has 2 saturated heterocycles. The fourth-order valence-corrected chi connectivity index (χ4v) is 5.38. The van der Waals surface area contributed by atoms with Crippen molar-refractivity contribution < 1.29 is 14.6 Å². The minimum Gasteiger partial charge on any atom is -0.495 e. The Kier molecular flexibility index (Phi) is 6.65. The minimum absolute atomic E-state index is 0.0440. The maximum atomic E-state index is 9.48. The topological polar surface area (TPSA) is 104 Å². The number of piperidine rings is 1. The zero-order valence-electron chi connectivity index (χ0n) is 19.6. The summed E-state index contributed by atoms with van der Waals surface area (Å²) in [5, 5.41) is 33.7. The number of fused-ring (bicyclic) bond motifs is 1. The highest BCUT2D eigenvalue weighted by molar-refractivity contribution is 6.32. The summed E-state index contributed by atoms with van der Waals surface area (Å²) in [7, 11) is 1.59. The molecule has 0 amide bonds. The standard InChI is InChI=1S/C26H28ClN5O3/c1-34-23-5-3-18(13-22(23)27)15-29-24-21-12-17(14-28)2-4-20(21)25(31-30-24)32-10-8-26(9-11-32)7-6-19(16-33)35-26/h2-5,12-13,19,33H,6-11,15-16H2,1H3,(H,29,30). The molecule has 0 radical (unpaired) electrons. The Morgan fingerprint density at radius 1 is 1.20 bits per heavy atom. The lowest BCUT2D eigenvalue weighted by Gasteiger charge is -2.39. The molecule has 2 fully saturated rings. The van der Waals surface area contributed by atoms with Crippen molar-refractivity contribution in [3.63, 3.8) is 0 Å². The van der Waals surface area contributed by atoms with Crippen LogP contribution in [0.4, 0.5) is 11.6 Å². The van der Waals surface area contributed by atoms with E-state index < -0.39 is 0 Å². The van der Waals surface area contributed by atoms with E-state index in [1.807, 2.05) is 36.4 Å². The molecule has 9 heteroatoms. The Hall–Kier alpha value is -3.12. The number of aliphatic hydroxyl groups excluding tert-OH is 1. The van der Waals surface area contributed by atoms with Crippen LogP contribution in [-0.2, 0) is 11.3 Å². The molecule has 0 aliphatic carbocycles. The number of hydrogen-bond donors (Lipinski definition) is 2. The van der Waals surface area contributed by atoms with Crippen molar-refractivity contribution in [2.75, 3.05) is 37.0 Å². The van der Waals surface area contributed by atoms with Crippen LogP contribution in [0, 0.1) is 11.3 Å². The van der Waals surface area contributed by atoms with Gasteiger partial charge in [0.15, 0.2) is 11.6 Å². The van der Waals surface area contributed by atoms with Crippen LogP contribution in [0.25, 0.3) is 10.8 Å². The molecule has 182 valence electrons. The van der Waals surface area contributed by atoms with Crippen LogP contribution >= 0.6 is 11.6 Å². The third kappa shape index (κ3) is 4.72. The molecule has 2 aliphatic rings. The Labute approximate surface area is 209 Å². The molecule has 1 spiro atoms. The second kappa shape index (κ2) is 9.86. The molecule has 0 saturated carbocycles. The van der Waals surface area contributed by atoms with Gasteiger partial charge in [0, 0.05) is 30.4 Å². The number of methoxy groups -OCH3 is 1. The van der Waals surface area contributed by atoms with Gasteiger partial charge in [-0.1, -0.05) is 17.7 Å². The van der Waals surface area contributed by atoms with Gasteiger partial charge in [0.25, 0.3) is 0 Å². The van der Waals surface area contributed by atoms with Gasteiger partial charge in [-0.2, -0.15) is 5.26 Å². The smallest absolute Gasteiger partial charge is 0.159 e. The largest absolute Gasteiger partial charge is 0.495 e. The Balaban J connectivity index is 1.38. The first-order chi connectivity index (χ1) is 17.0. The summed E-state index contributed by atoms with van der Waals surface area (Å²) in [6.45, 7) is 2.19. The lowest BCUT2D eigenvalue weighted by molar-refractivity contribution is -0.0713. The predicted octanol–water partition coefficient (Wildman–Crippen LogP) is 4.29. The maximum absolute atomic E-state index is 9.48. The van der Waals surface area contributed by atoms with E-state index in [9.17, 15) is 10.4 Å². The summed E-state index contributed by atoms with van der Waals surface area (Å²) in [5.41, 5.74) is 1.41. The first-order valence-corrected chi connectivity index (χ1v) is 12.2. The van der Waals surface area contributed by atoms with Gasteiger partial charge in [0.05, 0.1) is 42.1 Å². The fraction of sp³-hybridized carbons (Fsp3) is 0.423. The second-order valence-corrected chi connectivity index (χ2v) is 9.61. The molecule has 1 atom stereocenters. The van der Waals surface area contributed by atoms with Gasteiger partial charge >= 0.3 is 0 Å². The number of nitriles is 1. The van der Waals surface area contributed by atoms with Gasteiger partial charge in [-0.15, -0.1) is 10.2 Å². The third-order valence-electron chi connectivity index (χ3n) is 7.08. The number of aliphatic hydroxyl groups is 1. The lowest BCUT2D eigenvalue weighted by atomic mass is 9.88. The molecule has 3 aromatic rings. The number of benzene rings is 2. The normalized spacial score (nSPS) is 19.1. The van der Waals surface area contributed by atoms with Crippen LogP contribution in [-0.4, -0.2) is 53.8 Å². The van der Waals surface area contributed by atoms with Gasteiger partial charge in [0.1, 0.15) is 5.75 Å². The monoisotopic (exact) mass is 493 g/mol. The summed E-state index contributed by atoms with van der Waals surface area (Å²) in [5.74, 6) is 2.06. The van der Waals surface area contributed by atoms with Crippen molar-refractivity contribution in [3.05, 3.63) is 52.5 Å². The minimum atomic E-state index is -0.137. The first-order valence-electron chi connectivity index (χ1n) is 11.8. The zero-order valence-corrected chi connectivity index (χ0v) is 20.4. The molecule has 2 aromatic carbocycles. The number of halogens is 1. The third-order valence-corrected chi connectivity index (χ3v) is 7.38. The summed E-state index contributed by atoms with van der Waals surface area (Å²) >= 11 is 6.27. The SMILES string of the molecule is COc1ccc(CNc2nnc(N3CCC4(CCC(CO)O4)CC3)c3ccc(C#N)cc23)cc1Cl. The first kappa shape index (κ1) is 23.6. The van der Waals surface area contributed by atoms with E-state index in [-0.39, 0.29) is 18.3 Å². The van der Waals surface area contributed by atoms with Crippen LogP contribution < -0.4 is 15.0 Å². The van der Waals surface area contributed by atoms with Crippen LogP contribution in [0.3, 0.4) is 0 Å². The van der Waals surface area contributed by atoms with Crippen molar-refractivity contribution >= 4 is 34.0 Å². The number of ether oxygens (including phenoxy) is 2. The van der Waals surface area contributed by atoms with Gasteiger partial charge in [0.2, 0.25) is 0 Å². The molecule has 5 rings (SSSR count). The van der Waals surface area contributed by atoms with Crippen LogP contribution in [0.2, 0.25) is 5.02 Å². The molecule has 1 aromatic heterocycles. The number of hydrogen-bond acceptors (Lipinski definition) is 8. The number of rotatable bonds is 6. The van der Waals surface area contributed by atoms with Crippen molar-refractivity contribution in [3.8, 4) is 11.8 Å². The Bertz CT molecular complexity index is 1270. The molecular weight excluding hydrogens is 466 g/mol. The molecule has 2 aliphatic heterocycles. The van der Waals surface area contributed by atoms with Crippen LogP contribution in [0.15, 0.2) is 36.4 Å². The highest BCUT2D eigenvalue weighted by Gasteiger charge is 2.42. The fourth-order valence-electron chi connectivity index (χ4n) is 5.10. The number of nitrogens with one attached hydrogen (secondary N) is 1. The highest BCUT2D eigenvalue weighted by Crippen LogP contribution is 2.40. The Morgan fingerprint density at radius 2 is 2.03 bits per heavy atom. The van der Waals surface area contributed by atoms with Gasteiger partial charge < -0.3 is 24.8 Å². The van der Waals surface area contributed by atoms with E-state index in [1.54, 1.807) is 7.11 Å². The van der Waals surface area contributed by atoms with E-state index in [0.29, 0.717) is 28.7 Å². The lowest BCUT2D eigenvalue weighted by Crippen LogP contribution is -2.45. The maximum Gasteiger partial charge on any atom is 0.159 e. The average molecular weight is 494 g/mol. The summed E-state index contributed by atoms with van der Waals surface area (Å²) < 4.78 is 11.4. The van der Waals surface area contributed by atoms with E-state index in [2.05, 4.69) is 26.5 Å². The van der Waals surface area contributed by atoms with Crippen molar-refractivity contribution in [1.29, 1.82) is 5.26 Å². The molecule has 35 heavy (non-hydrogen) atoms. The average Bonchev–Trinajstić information content (AvgIpc) is 3.30. The van der Waals surface area contributed by atoms with Crippen molar-refractivity contribution in [1.82, 2.24) is 10.2 Å².